The lowest BCUT2D eigenvalue weighted by atomic mass is 9.91. The lowest BCUT2D eigenvalue weighted by molar-refractivity contribution is -0.141. The highest BCUT2D eigenvalue weighted by Crippen LogP contribution is 2.45. The van der Waals surface area contributed by atoms with Gasteiger partial charge in [-0.2, -0.15) is 17.6 Å². The number of carbonyl (C=O) groups excluding carboxylic acids is 2. The maximum atomic E-state index is 13.8. The van der Waals surface area contributed by atoms with Gasteiger partial charge in [-0.1, -0.05) is 48.0 Å². The first-order chi connectivity index (χ1) is 21.8. The molecule has 5 rings (SSSR count). The highest BCUT2D eigenvalue weighted by Gasteiger charge is 2.54. The predicted molar refractivity (Wildman–Crippen MR) is 157 cm³/mol. The summed E-state index contributed by atoms with van der Waals surface area (Å²) >= 11 is 5.99. The van der Waals surface area contributed by atoms with Crippen LogP contribution in [-0.2, 0) is 33.5 Å². The zero-order valence-corrected chi connectivity index (χ0v) is 25.1. The van der Waals surface area contributed by atoms with Crippen LogP contribution in [-0.4, -0.2) is 42.0 Å². The normalized spacial score (nSPS) is 16.3. The average molecular weight is 667 g/mol. The maximum Gasteiger partial charge on any atom is 0.417 e. The summed E-state index contributed by atoms with van der Waals surface area (Å²) < 4.78 is 91.6. The molecule has 13 heteroatoms. The van der Waals surface area contributed by atoms with Crippen molar-refractivity contribution < 1.29 is 45.4 Å². The fourth-order valence-electron chi connectivity index (χ4n) is 5.58. The van der Waals surface area contributed by atoms with Crippen molar-refractivity contribution in [1.82, 2.24) is 4.90 Å². The lowest BCUT2D eigenvalue weighted by Crippen LogP contribution is -2.50. The van der Waals surface area contributed by atoms with E-state index in [1.807, 2.05) is 17.0 Å². The van der Waals surface area contributed by atoms with Crippen LogP contribution in [0.3, 0.4) is 0 Å². The second-order valence-electron chi connectivity index (χ2n) is 11.2. The van der Waals surface area contributed by atoms with Crippen LogP contribution in [0.15, 0.2) is 60.2 Å². The van der Waals surface area contributed by atoms with Gasteiger partial charge in [0.15, 0.2) is 17.4 Å². The van der Waals surface area contributed by atoms with E-state index in [0.717, 1.165) is 17.7 Å². The molecule has 1 aliphatic heterocycles. The molecule has 6 nitrogen and oxygen atoms in total. The number of esters is 1. The Labute approximate surface area is 265 Å². The molecule has 1 heterocycles. The molecular weight excluding hydrogens is 638 g/mol. The smallest absolute Gasteiger partial charge is 0.417 e. The van der Waals surface area contributed by atoms with Gasteiger partial charge in [0, 0.05) is 18.7 Å². The molecule has 1 aliphatic carbocycles. The first-order valence-electron chi connectivity index (χ1n) is 14.5. The van der Waals surface area contributed by atoms with Gasteiger partial charge in [0.1, 0.15) is 12.1 Å². The molecule has 0 atom stereocenters. The summed E-state index contributed by atoms with van der Waals surface area (Å²) in [7, 11) is 0. The fourth-order valence-corrected chi connectivity index (χ4v) is 5.86. The van der Waals surface area contributed by atoms with E-state index in [2.05, 4.69) is 0 Å². The molecule has 2 aliphatic rings. The van der Waals surface area contributed by atoms with Gasteiger partial charge < -0.3 is 15.2 Å². The highest BCUT2D eigenvalue weighted by atomic mass is 35.5. The van der Waals surface area contributed by atoms with Crippen LogP contribution in [0.4, 0.5) is 26.3 Å². The first kappa shape index (κ1) is 33.3. The van der Waals surface area contributed by atoms with E-state index in [1.165, 1.54) is 12.1 Å². The van der Waals surface area contributed by atoms with Crippen LogP contribution in [0.25, 0.3) is 5.57 Å². The van der Waals surface area contributed by atoms with Crippen molar-refractivity contribution in [2.24, 2.45) is 5.73 Å². The number of rotatable bonds is 11. The molecule has 1 amide bonds. The van der Waals surface area contributed by atoms with Gasteiger partial charge in [0.2, 0.25) is 11.7 Å². The van der Waals surface area contributed by atoms with E-state index < -0.39 is 64.0 Å². The van der Waals surface area contributed by atoms with E-state index >= 15 is 0 Å². The van der Waals surface area contributed by atoms with Crippen molar-refractivity contribution >= 4 is 29.1 Å². The zero-order valence-electron chi connectivity index (χ0n) is 24.4. The van der Waals surface area contributed by atoms with Gasteiger partial charge in [0.05, 0.1) is 22.8 Å². The summed E-state index contributed by atoms with van der Waals surface area (Å²) in [6.07, 6.45) is -2.35. The number of aryl methyl sites for hydroxylation is 1. The number of primary amides is 1. The van der Waals surface area contributed by atoms with Crippen molar-refractivity contribution in [1.29, 1.82) is 0 Å². The standard InChI is InChI=1S/C33H29ClF6N2O4/c34-27-21(4-1-5-24(27)33(38,39)40)18-46-30(43)23-17-42(32(13-14-32)31(41)44)15-12-22(23)20-8-6-19(7-9-20)3-2-16-45-29-26(36)11-10-25(35)28(29)37/h1,4-11H,2-3,12-18H2,(H2,41,44). The second kappa shape index (κ2) is 13.4. The first-order valence-corrected chi connectivity index (χ1v) is 14.8. The van der Waals surface area contributed by atoms with Crippen molar-refractivity contribution in [3.8, 4) is 5.75 Å². The van der Waals surface area contributed by atoms with E-state index in [0.29, 0.717) is 55.9 Å². The van der Waals surface area contributed by atoms with Crippen LogP contribution in [0.5, 0.6) is 5.75 Å². The molecule has 0 radical (unpaired) electrons. The van der Waals surface area contributed by atoms with Crippen LogP contribution < -0.4 is 10.5 Å². The summed E-state index contributed by atoms with van der Waals surface area (Å²) in [5.74, 6) is -5.62. The molecule has 244 valence electrons. The maximum absolute atomic E-state index is 13.8. The fraction of sp³-hybridized carbons (Fsp3) is 0.333. The lowest BCUT2D eigenvalue weighted by Gasteiger charge is -2.35. The minimum Gasteiger partial charge on any atom is -0.488 e. The second-order valence-corrected chi connectivity index (χ2v) is 11.6. The van der Waals surface area contributed by atoms with Crippen molar-refractivity contribution in [2.45, 2.75) is 50.4 Å². The SMILES string of the molecule is NC(=O)C1(N2CCC(c3ccc(CCCOc4c(F)ccc(F)c4F)cc3)=C(C(=O)OCc3cccc(C(F)(F)F)c3Cl)C2)CC1. The predicted octanol–water partition coefficient (Wildman–Crippen LogP) is 7.01. The number of nitrogens with zero attached hydrogens (tertiary/aromatic N) is 1. The van der Waals surface area contributed by atoms with Gasteiger partial charge in [-0.05, 0) is 67.0 Å². The van der Waals surface area contributed by atoms with Crippen molar-refractivity contribution in [2.75, 3.05) is 19.7 Å². The van der Waals surface area contributed by atoms with Gasteiger partial charge in [-0.3, -0.25) is 9.69 Å². The number of amides is 1. The molecule has 0 spiro atoms. The molecule has 3 aromatic rings. The molecule has 0 unspecified atom stereocenters. The topological polar surface area (TPSA) is 81.9 Å². The summed E-state index contributed by atoms with van der Waals surface area (Å²) in [6, 6.07) is 12.0. The molecule has 3 aromatic carbocycles. The quantitative estimate of drug-likeness (QED) is 0.103. The summed E-state index contributed by atoms with van der Waals surface area (Å²) in [5.41, 5.74) is 6.24. The Morgan fingerprint density at radius 2 is 1.67 bits per heavy atom. The molecule has 0 aromatic heterocycles. The Morgan fingerprint density at radius 3 is 2.33 bits per heavy atom. The molecule has 46 heavy (non-hydrogen) atoms. The number of ether oxygens (including phenoxy) is 2. The Balaban J connectivity index is 1.31. The number of halogens is 7. The van der Waals surface area contributed by atoms with E-state index in [9.17, 15) is 35.9 Å². The van der Waals surface area contributed by atoms with Crippen LogP contribution in [0, 0.1) is 17.5 Å². The Hall–Kier alpha value is -4.03. The Morgan fingerprint density at radius 1 is 0.978 bits per heavy atom. The number of carbonyl (C=O) groups is 2. The number of hydrogen-bond acceptors (Lipinski definition) is 5. The van der Waals surface area contributed by atoms with Gasteiger partial charge in [-0.25, -0.2) is 13.6 Å². The third-order valence-corrected chi connectivity index (χ3v) is 8.73. The molecule has 2 N–H and O–H groups in total. The third kappa shape index (κ3) is 7.02. The van der Waals surface area contributed by atoms with Crippen LogP contribution in [0.1, 0.15) is 47.9 Å². The number of hydrogen-bond donors (Lipinski definition) is 1. The van der Waals surface area contributed by atoms with Crippen molar-refractivity contribution in [3.63, 3.8) is 0 Å². The summed E-state index contributed by atoms with van der Waals surface area (Å²) in [6.45, 7) is -0.0577. The number of benzene rings is 3. The molecule has 1 fully saturated rings. The molecule has 0 saturated heterocycles. The monoisotopic (exact) mass is 666 g/mol. The molecule has 1 saturated carbocycles. The average Bonchev–Trinajstić information content (AvgIpc) is 3.84. The minimum absolute atomic E-state index is 0.00772. The largest absolute Gasteiger partial charge is 0.488 e. The zero-order chi connectivity index (χ0) is 33.2. The number of nitrogens with two attached hydrogens (primary N) is 1. The molecular formula is C33H29ClF6N2O4. The van der Waals surface area contributed by atoms with Gasteiger partial charge in [-0.15, -0.1) is 0 Å². The van der Waals surface area contributed by atoms with Gasteiger partial charge >= 0.3 is 12.1 Å². The van der Waals surface area contributed by atoms with Crippen LogP contribution >= 0.6 is 11.6 Å². The summed E-state index contributed by atoms with van der Waals surface area (Å²) in [5, 5.41) is -0.555. The third-order valence-electron chi connectivity index (χ3n) is 8.28. The van der Waals surface area contributed by atoms with E-state index in [1.54, 1.807) is 12.1 Å². The number of alkyl halides is 3. The van der Waals surface area contributed by atoms with E-state index in [-0.39, 0.29) is 24.3 Å². The highest BCUT2D eigenvalue weighted by molar-refractivity contribution is 6.32. The van der Waals surface area contributed by atoms with E-state index in [4.69, 9.17) is 26.8 Å². The van der Waals surface area contributed by atoms with Gasteiger partial charge in [0.25, 0.3) is 0 Å². The molecule has 0 bridgehead atoms. The Bertz CT molecular complexity index is 1670. The van der Waals surface area contributed by atoms with Crippen molar-refractivity contribution in [3.05, 3.63) is 105 Å². The Kier molecular flexibility index (Phi) is 9.69. The minimum atomic E-state index is -4.68. The summed E-state index contributed by atoms with van der Waals surface area (Å²) in [4.78, 5) is 27.5. The van der Waals surface area contributed by atoms with Crippen LogP contribution in [0.2, 0.25) is 5.02 Å².